The molecule has 0 unspecified atom stereocenters. The van der Waals surface area contributed by atoms with Crippen LogP contribution in [0.2, 0.25) is 0 Å². The Bertz CT molecular complexity index is 2700. The molecule has 7 aromatic carbocycles. The number of hydrogen-bond donors (Lipinski definition) is 0. The minimum atomic E-state index is 0.0181. The number of allylic oxidation sites excluding steroid dienone is 4. The van der Waals surface area contributed by atoms with E-state index < -0.39 is 0 Å². The number of benzene rings is 6. The fourth-order valence-corrected chi connectivity index (χ4v) is 8.40. The molecule has 0 N–H and O–H groups in total. The van der Waals surface area contributed by atoms with Gasteiger partial charge in [-0.15, -0.1) is 0 Å². The van der Waals surface area contributed by atoms with Crippen LogP contribution in [0.1, 0.15) is 37.8 Å². The van der Waals surface area contributed by atoms with Crippen LogP contribution in [0.15, 0.2) is 162 Å². The van der Waals surface area contributed by atoms with Gasteiger partial charge in [-0.2, -0.15) is 0 Å². The maximum absolute atomic E-state index is 6.01. The highest BCUT2D eigenvalue weighted by atomic mass is 16.3. The molecular formula is C49H35NO. The van der Waals surface area contributed by atoms with Gasteiger partial charge in [-0.25, -0.2) is 0 Å². The topological polar surface area (TPSA) is 16.4 Å². The first kappa shape index (κ1) is 29.6. The molecule has 0 radical (unpaired) electrons. The van der Waals surface area contributed by atoms with Gasteiger partial charge in [0.1, 0.15) is 5.58 Å². The van der Waals surface area contributed by atoms with E-state index in [1.165, 1.54) is 44.2 Å². The average Bonchev–Trinajstić information content (AvgIpc) is 3.67. The van der Waals surface area contributed by atoms with E-state index in [1.54, 1.807) is 0 Å². The van der Waals surface area contributed by atoms with Crippen molar-refractivity contribution in [3.8, 4) is 22.3 Å². The quantitative estimate of drug-likeness (QED) is 0.184. The molecule has 0 saturated carbocycles. The average molecular weight is 654 g/mol. The summed E-state index contributed by atoms with van der Waals surface area (Å²) in [7, 11) is 0. The van der Waals surface area contributed by atoms with E-state index in [0.29, 0.717) is 0 Å². The zero-order valence-corrected chi connectivity index (χ0v) is 28.7. The Morgan fingerprint density at radius 3 is 2.16 bits per heavy atom. The zero-order chi connectivity index (χ0) is 34.1. The summed E-state index contributed by atoms with van der Waals surface area (Å²) in [5.41, 5.74) is 15.7. The predicted molar refractivity (Wildman–Crippen MR) is 213 cm³/mol. The SMILES string of the molecule is CC1(C)C2=C(CCC=C2)c2ccc(-c3ccc(N(c4ccc(-c5ccc6oc7c#cccc7c6c5)cc4)c4cccc5ccccc45)cc3)cc21. The molecule has 0 fully saturated rings. The van der Waals surface area contributed by atoms with Gasteiger partial charge in [0.2, 0.25) is 0 Å². The number of anilines is 3. The third-order valence-corrected chi connectivity index (χ3v) is 11.0. The molecule has 0 saturated heterocycles. The summed E-state index contributed by atoms with van der Waals surface area (Å²) in [6, 6.07) is 56.7. The van der Waals surface area contributed by atoms with Gasteiger partial charge in [0.15, 0.2) is 5.58 Å². The van der Waals surface area contributed by atoms with E-state index in [1.807, 2.05) is 12.1 Å². The van der Waals surface area contributed by atoms with E-state index in [2.05, 4.69) is 170 Å². The standard InChI is InChI=1S/C49H35NO/c1-49(2)44-15-7-5-13-40(44)41-28-22-36(31-45(41)49)33-20-26-38(27-21-33)50(46-16-9-11-34-10-3-4-12-39(34)46)37-24-18-32(19-25-37)35-23-29-48-43(30-35)42-14-6-8-17-47(42)51-48/h3-4,6-7,9-12,14-16,18-31H,5,13H2,1-2H3. The second-order valence-corrected chi connectivity index (χ2v) is 14.3. The van der Waals surface area contributed by atoms with Crippen molar-refractivity contribution in [3.63, 3.8) is 0 Å². The largest absolute Gasteiger partial charge is 0.447 e. The molecule has 1 heterocycles. The van der Waals surface area contributed by atoms with Gasteiger partial charge in [-0.1, -0.05) is 111 Å². The van der Waals surface area contributed by atoms with Gasteiger partial charge in [0.05, 0.1) is 5.69 Å². The van der Waals surface area contributed by atoms with Crippen molar-refractivity contribution in [2.24, 2.45) is 0 Å². The van der Waals surface area contributed by atoms with Crippen LogP contribution >= 0.6 is 0 Å². The van der Waals surface area contributed by atoms with Crippen molar-refractivity contribution in [1.29, 1.82) is 0 Å². The number of hydrogen-bond acceptors (Lipinski definition) is 2. The third-order valence-electron chi connectivity index (χ3n) is 11.0. The molecule has 2 aliphatic rings. The van der Waals surface area contributed by atoms with Gasteiger partial charge in [-0.05, 0) is 129 Å². The Kier molecular flexibility index (Phi) is 6.60. The second-order valence-electron chi connectivity index (χ2n) is 14.3. The Hall–Kier alpha value is -6.30. The Balaban J connectivity index is 1.04. The molecule has 0 amide bonds. The Labute approximate surface area is 298 Å². The van der Waals surface area contributed by atoms with Gasteiger partial charge in [0, 0.05) is 32.9 Å². The lowest BCUT2D eigenvalue weighted by Crippen LogP contribution is -2.16. The highest BCUT2D eigenvalue weighted by Gasteiger charge is 2.37. The highest BCUT2D eigenvalue weighted by Crippen LogP contribution is 2.51. The van der Waals surface area contributed by atoms with Gasteiger partial charge < -0.3 is 9.32 Å². The number of furan rings is 1. The van der Waals surface area contributed by atoms with E-state index in [-0.39, 0.29) is 5.41 Å². The molecule has 0 spiro atoms. The molecule has 0 aliphatic heterocycles. The molecule has 2 nitrogen and oxygen atoms in total. The zero-order valence-electron chi connectivity index (χ0n) is 28.7. The Morgan fingerprint density at radius 1 is 0.647 bits per heavy atom. The Morgan fingerprint density at radius 2 is 1.35 bits per heavy atom. The minimum Gasteiger partial charge on any atom is -0.447 e. The van der Waals surface area contributed by atoms with Crippen LogP contribution in [0, 0.1) is 12.1 Å². The second kappa shape index (κ2) is 11.4. The fraction of sp³-hybridized carbons (Fsp3) is 0.102. The predicted octanol–water partition coefficient (Wildman–Crippen LogP) is 13.5. The van der Waals surface area contributed by atoms with Crippen molar-refractivity contribution in [1.82, 2.24) is 0 Å². The lowest BCUT2D eigenvalue weighted by Gasteiger charge is -2.27. The molecule has 0 atom stereocenters. The third kappa shape index (κ3) is 4.73. The maximum Gasteiger partial charge on any atom is 0.185 e. The smallest absolute Gasteiger partial charge is 0.185 e. The number of nitrogens with zero attached hydrogens (tertiary/aromatic N) is 1. The number of fused-ring (bicyclic) bond motifs is 6. The minimum absolute atomic E-state index is 0.0181. The summed E-state index contributed by atoms with van der Waals surface area (Å²) < 4.78 is 6.01. The van der Waals surface area contributed by atoms with Gasteiger partial charge in [-0.3, -0.25) is 0 Å². The van der Waals surface area contributed by atoms with Crippen molar-refractivity contribution < 1.29 is 4.42 Å². The molecule has 242 valence electrons. The van der Waals surface area contributed by atoms with Crippen LogP contribution < -0.4 is 4.90 Å². The molecule has 2 heteroatoms. The highest BCUT2D eigenvalue weighted by molar-refractivity contribution is 6.06. The van der Waals surface area contributed by atoms with Crippen molar-refractivity contribution in [2.75, 3.05) is 4.90 Å². The van der Waals surface area contributed by atoms with Crippen LogP contribution in [0.4, 0.5) is 17.1 Å². The summed E-state index contributed by atoms with van der Waals surface area (Å²) in [6.45, 7) is 4.75. The monoisotopic (exact) mass is 653 g/mol. The maximum atomic E-state index is 6.01. The molecule has 10 rings (SSSR count). The normalized spacial score (nSPS) is 14.5. The molecule has 8 aromatic rings. The first-order valence-corrected chi connectivity index (χ1v) is 17.8. The molecule has 0 bridgehead atoms. The molecule has 1 aromatic heterocycles. The van der Waals surface area contributed by atoms with Gasteiger partial charge >= 0.3 is 0 Å². The fourth-order valence-electron chi connectivity index (χ4n) is 8.40. The summed E-state index contributed by atoms with van der Waals surface area (Å²) in [6.07, 6.45) is 6.96. The van der Waals surface area contributed by atoms with Crippen LogP contribution in [0.25, 0.3) is 60.5 Å². The van der Waals surface area contributed by atoms with E-state index in [0.717, 1.165) is 63.0 Å². The van der Waals surface area contributed by atoms with Crippen LogP contribution in [0.3, 0.4) is 0 Å². The summed E-state index contributed by atoms with van der Waals surface area (Å²) >= 11 is 0. The number of rotatable bonds is 5. The van der Waals surface area contributed by atoms with Crippen molar-refractivity contribution in [3.05, 3.63) is 181 Å². The first-order chi connectivity index (χ1) is 25.0. The lowest BCUT2D eigenvalue weighted by molar-refractivity contribution is 0.651. The molecular weight excluding hydrogens is 619 g/mol. The van der Waals surface area contributed by atoms with Crippen molar-refractivity contribution >= 4 is 55.3 Å². The molecule has 2 aliphatic carbocycles. The lowest BCUT2D eigenvalue weighted by atomic mass is 9.79. The summed E-state index contributed by atoms with van der Waals surface area (Å²) in [5.74, 6) is 0. The van der Waals surface area contributed by atoms with E-state index in [9.17, 15) is 0 Å². The van der Waals surface area contributed by atoms with E-state index >= 15 is 0 Å². The van der Waals surface area contributed by atoms with Crippen LogP contribution in [-0.4, -0.2) is 0 Å². The summed E-state index contributed by atoms with van der Waals surface area (Å²) in [4.78, 5) is 2.38. The first-order valence-electron chi connectivity index (χ1n) is 17.8. The molecule has 51 heavy (non-hydrogen) atoms. The van der Waals surface area contributed by atoms with Gasteiger partial charge in [0.25, 0.3) is 0 Å². The van der Waals surface area contributed by atoms with E-state index in [4.69, 9.17) is 4.42 Å². The van der Waals surface area contributed by atoms with Crippen LogP contribution in [0.5, 0.6) is 0 Å². The van der Waals surface area contributed by atoms with Crippen molar-refractivity contribution in [2.45, 2.75) is 32.1 Å². The summed E-state index contributed by atoms with van der Waals surface area (Å²) in [5, 5.41) is 4.58. The van der Waals surface area contributed by atoms with Crippen LogP contribution in [-0.2, 0) is 5.41 Å².